The van der Waals surface area contributed by atoms with Gasteiger partial charge >= 0.3 is 0 Å². The maximum atomic E-state index is 13.3. The van der Waals surface area contributed by atoms with E-state index in [-0.39, 0.29) is 5.92 Å². The fourth-order valence-corrected chi connectivity index (χ4v) is 6.69. The first-order chi connectivity index (χ1) is 12.1. The Morgan fingerprint density at radius 2 is 1.72 bits per heavy atom. The molecule has 0 aliphatic heterocycles. The van der Waals surface area contributed by atoms with Crippen LogP contribution in [0.2, 0.25) is 0 Å². The lowest BCUT2D eigenvalue weighted by Gasteiger charge is -2.17. The molecule has 0 N–H and O–H groups in total. The molecule has 0 spiro atoms. The van der Waals surface area contributed by atoms with Crippen LogP contribution in [-0.4, -0.2) is 12.5 Å². The van der Waals surface area contributed by atoms with Crippen molar-refractivity contribution in [3.8, 4) is 11.8 Å². The molecule has 2 atom stereocenters. The Bertz CT molecular complexity index is 864. The molecule has 130 valence electrons. The summed E-state index contributed by atoms with van der Waals surface area (Å²) >= 11 is 1.44. The molecule has 25 heavy (non-hydrogen) atoms. The van der Waals surface area contributed by atoms with Crippen molar-refractivity contribution in [2.24, 2.45) is 5.92 Å². The summed E-state index contributed by atoms with van der Waals surface area (Å²) in [5.41, 5.74) is 0. The molecular formula is C21H22O2S2. The zero-order valence-corrected chi connectivity index (χ0v) is 15.9. The third-order valence-electron chi connectivity index (χ3n) is 4.33. The average Bonchev–Trinajstić information content (AvgIpc) is 3.35. The van der Waals surface area contributed by atoms with E-state index >= 15 is 0 Å². The van der Waals surface area contributed by atoms with E-state index in [1.807, 2.05) is 36.4 Å². The van der Waals surface area contributed by atoms with Crippen LogP contribution >= 0.6 is 11.8 Å². The predicted molar refractivity (Wildman–Crippen MR) is 104 cm³/mol. The number of thioether (sulfide) groups is 1. The van der Waals surface area contributed by atoms with Gasteiger partial charge in [-0.2, -0.15) is 0 Å². The highest BCUT2D eigenvalue weighted by molar-refractivity contribution is 8.15. The first kappa shape index (κ1) is 18.1. The molecule has 3 rings (SSSR count). The topological polar surface area (TPSA) is 34.1 Å². The molecular weight excluding hydrogens is 348 g/mol. The molecule has 2 aromatic rings. The lowest BCUT2D eigenvalue weighted by molar-refractivity contribution is 0.591. The third kappa shape index (κ3) is 3.78. The van der Waals surface area contributed by atoms with Crippen molar-refractivity contribution in [2.45, 2.75) is 46.5 Å². The maximum Gasteiger partial charge on any atom is 0.194 e. The summed E-state index contributed by atoms with van der Waals surface area (Å²) < 4.78 is 25.8. The monoisotopic (exact) mass is 370 g/mol. The SMILES string of the molecule is CCCCC#C[C@@H]1C[C@@]1(Sc1ccccc1)S(=O)(=O)c1ccccc1. The van der Waals surface area contributed by atoms with E-state index < -0.39 is 13.9 Å². The average molecular weight is 371 g/mol. The van der Waals surface area contributed by atoms with Gasteiger partial charge < -0.3 is 0 Å². The molecule has 0 bridgehead atoms. The van der Waals surface area contributed by atoms with Crippen LogP contribution in [0.5, 0.6) is 0 Å². The van der Waals surface area contributed by atoms with E-state index in [2.05, 4.69) is 18.8 Å². The number of hydrogen-bond donors (Lipinski definition) is 0. The second-order valence-electron chi connectivity index (χ2n) is 6.22. The summed E-state index contributed by atoms with van der Waals surface area (Å²) in [6.45, 7) is 2.13. The molecule has 1 aliphatic rings. The van der Waals surface area contributed by atoms with Crippen molar-refractivity contribution >= 4 is 21.6 Å². The summed E-state index contributed by atoms with van der Waals surface area (Å²) in [6, 6.07) is 18.5. The highest BCUT2D eigenvalue weighted by atomic mass is 32.3. The second kappa shape index (κ2) is 7.68. The van der Waals surface area contributed by atoms with E-state index in [0.29, 0.717) is 11.3 Å². The molecule has 0 radical (unpaired) electrons. The summed E-state index contributed by atoms with van der Waals surface area (Å²) in [7, 11) is -3.46. The minimum Gasteiger partial charge on any atom is -0.222 e. The smallest absolute Gasteiger partial charge is 0.194 e. The van der Waals surface area contributed by atoms with Gasteiger partial charge in [-0.3, -0.25) is 0 Å². The van der Waals surface area contributed by atoms with Gasteiger partial charge in [0.2, 0.25) is 0 Å². The molecule has 1 saturated carbocycles. The minimum atomic E-state index is -3.46. The number of sulfone groups is 1. The Morgan fingerprint density at radius 3 is 2.36 bits per heavy atom. The maximum absolute atomic E-state index is 13.3. The van der Waals surface area contributed by atoms with E-state index in [9.17, 15) is 8.42 Å². The zero-order chi connectivity index (χ0) is 17.8. The lowest BCUT2D eigenvalue weighted by atomic mass is 10.2. The van der Waals surface area contributed by atoms with E-state index in [0.717, 1.165) is 24.2 Å². The van der Waals surface area contributed by atoms with E-state index in [1.165, 1.54) is 11.8 Å². The quantitative estimate of drug-likeness (QED) is 0.520. The van der Waals surface area contributed by atoms with E-state index in [1.54, 1.807) is 24.3 Å². The van der Waals surface area contributed by atoms with Gasteiger partial charge in [0.05, 0.1) is 10.8 Å². The van der Waals surface area contributed by atoms with Gasteiger partial charge in [-0.15, -0.1) is 17.7 Å². The van der Waals surface area contributed by atoms with Gasteiger partial charge in [0.15, 0.2) is 9.84 Å². The molecule has 0 amide bonds. The van der Waals surface area contributed by atoms with Gasteiger partial charge in [0.1, 0.15) is 4.08 Å². The molecule has 0 saturated heterocycles. The molecule has 4 heteroatoms. The summed E-state index contributed by atoms with van der Waals surface area (Å²) in [5, 5.41) is 0. The van der Waals surface area contributed by atoms with Crippen molar-refractivity contribution in [1.29, 1.82) is 0 Å². The molecule has 0 heterocycles. The molecule has 2 aromatic carbocycles. The fourth-order valence-electron chi connectivity index (χ4n) is 2.80. The highest BCUT2D eigenvalue weighted by Crippen LogP contribution is 2.61. The molecule has 1 fully saturated rings. The Kier molecular flexibility index (Phi) is 5.56. The van der Waals surface area contributed by atoms with Crippen LogP contribution in [-0.2, 0) is 9.84 Å². The normalized spacial score (nSPS) is 22.0. The lowest BCUT2D eigenvalue weighted by Crippen LogP contribution is -2.22. The Morgan fingerprint density at radius 1 is 1.08 bits per heavy atom. The fraction of sp³-hybridized carbons (Fsp3) is 0.333. The van der Waals surface area contributed by atoms with Crippen LogP contribution in [0.15, 0.2) is 70.5 Å². The highest BCUT2D eigenvalue weighted by Gasteiger charge is 2.64. The van der Waals surface area contributed by atoms with Gasteiger partial charge in [-0.1, -0.05) is 55.7 Å². The van der Waals surface area contributed by atoms with E-state index in [4.69, 9.17) is 0 Å². The first-order valence-electron chi connectivity index (χ1n) is 8.62. The molecule has 0 aromatic heterocycles. The molecule has 1 aliphatic carbocycles. The number of hydrogen-bond acceptors (Lipinski definition) is 3. The van der Waals surface area contributed by atoms with Gasteiger partial charge in [-0.25, -0.2) is 8.42 Å². The third-order valence-corrected chi connectivity index (χ3v) is 8.80. The Labute approximate surface area is 155 Å². The van der Waals surface area contributed by atoms with Crippen LogP contribution in [0.25, 0.3) is 0 Å². The van der Waals surface area contributed by atoms with Crippen LogP contribution < -0.4 is 0 Å². The first-order valence-corrected chi connectivity index (χ1v) is 10.9. The number of unbranched alkanes of at least 4 members (excludes halogenated alkanes) is 2. The van der Waals surface area contributed by atoms with Gasteiger partial charge in [-0.05, 0) is 37.1 Å². The molecule has 2 nitrogen and oxygen atoms in total. The number of rotatable bonds is 6. The van der Waals surface area contributed by atoms with Crippen molar-refractivity contribution in [1.82, 2.24) is 0 Å². The summed E-state index contributed by atoms with van der Waals surface area (Å²) in [4.78, 5) is 1.36. The van der Waals surface area contributed by atoms with Crippen molar-refractivity contribution in [2.75, 3.05) is 0 Å². The van der Waals surface area contributed by atoms with Crippen molar-refractivity contribution < 1.29 is 8.42 Å². The minimum absolute atomic E-state index is 0.111. The largest absolute Gasteiger partial charge is 0.222 e. The van der Waals surface area contributed by atoms with Crippen LogP contribution in [0, 0.1) is 17.8 Å². The summed E-state index contributed by atoms with van der Waals surface area (Å²) in [6.07, 6.45) is 3.59. The van der Waals surface area contributed by atoms with Crippen LogP contribution in [0.4, 0.5) is 0 Å². The van der Waals surface area contributed by atoms with Crippen molar-refractivity contribution in [3.63, 3.8) is 0 Å². The van der Waals surface area contributed by atoms with Gasteiger partial charge in [0, 0.05) is 11.3 Å². The Hall–Kier alpha value is -1.70. The number of benzene rings is 2. The van der Waals surface area contributed by atoms with Crippen molar-refractivity contribution in [3.05, 3.63) is 60.7 Å². The summed E-state index contributed by atoms with van der Waals surface area (Å²) in [5.74, 6) is 6.30. The Balaban J connectivity index is 1.92. The van der Waals surface area contributed by atoms with Crippen LogP contribution in [0.1, 0.15) is 32.6 Å². The second-order valence-corrected chi connectivity index (χ2v) is 10.1. The predicted octanol–water partition coefficient (Wildman–Crippen LogP) is 5.16. The molecule has 0 unspecified atom stereocenters. The van der Waals surface area contributed by atoms with Crippen LogP contribution in [0.3, 0.4) is 0 Å². The van der Waals surface area contributed by atoms with Gasteiger partial charge in [0.25, 0.3) is 0 Å². The zero-order valence-electron chi connectivity index (χ0n) is 14.3. The standard InChI is InChI=1S/C21H22O2S2/c1-2-3-4-7-12-18-17-21(18,24-19-13-8-5-9-14-19)25(22,23)20-15-10-6-11-16-20/h5-6,8-11,13-16,18H,2-4,17H2,1H3/t18-,21-/m1/s1.